The second kappa shape index (κ2) is 7.13. The second-order valence-corrected chi connectivity index (χ2v) is 8.96. The Morgan fingerprint density at radius 3 is 2.72 bits per heavy atom. The lowest BCUT2D eigenvalue weighted by molar-refractivity contribution is -0.157. The van der Waals surface area contributed by atoms with E-state index in [4.69, 9.17) is 4.74 Å². The Bertz CT molecular complexity index is 1370. The van der Waals surface area contributed by atoms with E-state index >= 15 is 0 Å². The molecule has 2 aromatic heterocycles. The normalized spacial score (nSPS) is 21.2. The van der Waals surface area contributed by atoms with Crippen molar-refractivity contribution in [2.45, 2.75) is 44.6 Å². The zero-order valence-electron chi connectivity index (χ0n) is 17.9. The van der Waals surface area contributed by atoms with Gasteiger partial charge in [-0.1, -0.05) is 13.8 Å². The van der Waals surface area contributed by atoms with Gasteiger partial charge in [0, 0.05) is 34.1 Å². The lowest BCUT2D eigenvalue weighted by Gasteiger charge is -2.19. The van der Waals surface area contributed by atoms with Crippen molar-refractivity contribution < 1.29 is 23.4 Å². The lowest BCUT2D eigenvalue weighted by Crippen LogP contribution is -2.34. The minimum absolute atomic E-state index is 0.0265. The van der Waals surface area contributed by atoms with E-state index in [0.29, 0.717) is 12.1 Å². The van der Waals surface area contributed by atoms with Gasteiger partial charge in [0.05, 0.1) is 23.8 Å². The smallest absolute Gasteiger partial charge is 0.335 e. The van der Waals surface area contributed by atoms with Gasteiger partial charge in [-0.05, 0) is 49.1 Å². The van der Waals surface area contributed by atoms with Crippen molar-refractivity contribution in [3.63, 3.8) is 0 Å². The summed E-state index contributed by atoms with van der Waals surface area (Å²) in [5.41, 5.74) is 2.81. The molecule has 1 aliphatic heterocycles. The summed E-state index contributed by atoms with van der Waals surface area (Å²) in [6.07, 6.45) is 2.03. The number of aromatic amines is 1. The Labute approximate surface area is 182 Å². The van der Waals surface area contributed by atoms with Crippen LogP contribution in [0.15, 0.2) is 36.5 Å². The quantitative estimate of drug-likeness (QED) is 0.455. The third kappa shape index (κ3) is 3.01. The van der Waals surface area contributed by atoms with Gasteiger partial charge in [-0.2, -0.15) is 5.10 Å². The third-order valence-electron chi connectivity index (χ3n) is 6.41. The van der Waals surface area contributed by atoms with Crippen molar-refractivity contribution in [2.24, 2.45) is 0 Å². The number of aromatic nitrogens is 3. The van der Waals surface area contributed by atoms with Gasteiger partial charge in [-0.15, -0.1) is 0 Å². The molecule has 4 aromatic rings. The molecule has 0 radical (unpaired) electrons. The Kier molecular flexibility index (Phi) is 4.60. The highest BCUT2D eigenvalue weighted by Gasteiger charge is 2.45. The maximum Gasteiger partial charge on any atom is 0.335 e. The first-order valence-electron chi connectivity index (χ1n) is 10.5. The maximum absolute atomic E-state index is 14.2. The third-order valence-corrected chi connectivity index (χ3v) is 6.41. The van der Waals surface area contributed by atoms with E-state index in [1.807, 2.05) is 30.5 Å². The fourth-order valence-corrected chi connectivity index (χ4v) is 4.88. The van der Waals surface area contributed by atoms with E-state index in [1.54, 1.807) is 19.2 Å². The molecule has 0 amide bonds. The van der Waals surface area contributed by atoms with Gasteiger partial charge < -0.3 is 14.4 Å². The van der Waals surface area contributed by atoms with Gasteiger partial charge in [0.25, 0.3) is 0 Å². The van der Waals surface area contributed by atoms with Crippen LogP contribution in [0.4, 0.5) is 8.78 Å². The van der Waals surface area contributed by atoms with Crippen molar-refractivity contribution in [3.05, 3.63) is 59.4 Å². The number of fused-ring (bicyclic) bond motifs is 2. The molecule has 166 valence electrons. The summed E-state index contributed by atoms with van der Waals surface area (Å²) < 4.78 is 35.6. The summed E-state index contributed by atoms with van der Waals surface area (Å²) in [5, 5.41) is 18.6. The first-order chi connectivity index (χ1) is 15.2. The molecule has 1 unspecified atom stereocenters. The molecule has 3 heterocycles. The number of benzene rings is 2. The van der Waals surface area contributed by atoms with E-state index in [1.165, 1.54) is 6.07 Å². The van der Waals surface area contributed by atoms with Gasteiger partial charge in [-0.25, -0.2) is 13.6 Å². The molecule has 1 saturated heterocycles. The highest BCUT2D eigenvalue weighted by atomic mass is 19.2. The molecule has 6 nitrogen and oxygen atoms in total. The summed E-state index contributed by atoms with van der Waals surface area (Å²) in [4.78, 5) is 11.8. The highest BCUT2D eigenvalue weighted by Crippen LogP contribution is 2.45. The minimum Gasteiger partial charge on any atom is -0.479 e. The number of nitrogens with zero attached hydrogens (tertiary/aromatic N) is 2. The number of aliphatic carboxylic acids is 1. The first-order valence-corrected chi connectivity index (χ1v) is 10.5. The fourth-order valence-electron chi connectivity index (χ4n) is 4.88. The molecule has 5 rings (SSSR count). The molecule has 0 spiro atoms. The number of H-pyrrole nitrogens is 1. The number of carboxylic acids is 1. The number of hydrogen-bond donors (Lipinski definition) is 2. The summed E-state index contributed by atoms with van der Waals surface area (Å²) in [6.45, 7) is 5.92. The van der Waals surface area contributed by atoms with Crippen LogP contribution < -0.4 is 0 Å². The number of carbonyl (C=O) groups is 1. The van der Waals surface area contributed by atoms with Crippen LogP contribution in [0.5, 0.6) is 0 Å². The molecule has 32 heavy (non-hydrogen) atoms. The molecule has 0 aliphatic carbocycles. The van der Waals surface area contributed by atoms with Crippen molar-refractivity contribution in [2.75, 3.05) is 6.61 Å². The van der Waals surface area contributed by atoms with Crippen molar-refractivity contribution in [1.29, 1.82) is 0 Å². The Morgan fingerprint density at radius 2 is 2.06 bits per heavy atom. The van der Waals surface area contributed by atoms with Crippen LogP contribution in [0.2, 0.25) is 0 Å². The van der Waals surface area contributed by atoms with E-state index in [0.717, 1.165) is 39.1 Å². The van der Waals surface area contributed by atoms with Crippen molar-refractivity contribution >= 4 is 27.8 Å². The van der Waals surface area contributed by atoms with Crippen LogP contribution in [0.3, 0.4) is 0 Å². The number of ether oxygens (including phenoxy) is 1. The molecule has 2 N–H and O–H groups in total. The summed E-state index contributed by atoms with van der Waals surface area (Å²) in [7, 11) is 0. The predicted octanol–water partition coefficient (Wildman–Crippen LogP) is 5.26. The summed E-state index contributed by atoms with van der Waals surface area (Å²) in [6, 6.07) is 7.83. The zero-order chi connectivity index (χ0) is 22.8. The van der Waals surface area contributed by atoms with Gasteiger partial charge in [0.1, 0.15) is 0 Å². The lowest BCUT2D eigenvalue weighted by atomic mass is 9.86. The number of hydrogen-bond acceptors (Lipinski definition) is 3. The molecule has 1 fully saturated rings. The molecule has 8 heteroatoms. The van der Waals surface area contributed by atoms with E-state index in [9.17, 15) is 18.7 Å². The number of carboxylic acid groups (broad SMARTS) is 1. The Hall–Kier alpha value is -3.26. The number of rotatable bonds is 4. The van der Waals surface area contributed by atoms with Crippen LogP contribution in [0, 0.1) is 11.6 Å². The molecular formula is C24H23F2N3O3. The molecule has 2 atom stereocenters. The van der Waals surface area contributed by atoms with E-state index in [2.05, 4.69) is 10.2 Å². The van der Waals surface area contributed by atoms with Crippen LogP contribution >= 0.6 is 0 Å². The second-order valence-electron chi connectivity index (χ2n) is 8.96. The molecule has 0 bridgehead atoms. The van der Waals surface area contributed by atoms with Gasteiger partial charge in [0.2, 0.25) is 0 Å². The fraction of sp³-hybridized carbons (Fsp3) is 0.333. The average molecular weight is 439 g/mol. The topological polar surface area (TPSA) is 80.1 Å². The Balaban J connectivity index is 1.84. The van der Waals surface area contributed by atoms with Crippen LogP contribution in [0.1, 0.15) is 50.3 Å². The SMILES string of the molecule is CC(C)c1c(C2CO[C@](C)(C(=O)O)C2)c2cc3[nH]ncc3cc2n1-c1ccc(F)c(F)c1. The standard InChI is InChI=1S/C24H23F2N3O3/c1-12(2)22-21(14-9-24(3,23(30)31)32-11-14)16-8-19-13(10-27-28-19)6-20(16)29(22)15-4-5-17(25)18(26)7-15/h4-8,10,12,14H,9,11H2,1-3H3,(H,27,28)(H,30,31)/t14?,24-/m0/s1. The molecular weight excluding hydrogens is 416 g/mol. The van der Waals surface area contributed by atoms with Gasteiger partial charge in [0.15, 0.2) is 17.2 Å². The average Bonchev–Trinajstić information content (AvgIpc) is 3.43. The molecule has 1 aliphatic rings. The maximum atomic E-state index is 14.2. The molecule has 0 saturated carbocycles. The first kappa shape index (κ1) is 20.6. The van der Waals surface area contributed by atoms with Crippen LogP contribution in [-0.4, -0.2) is 38.0 Å². The van der Waals surface area contributed by atoms with Crippen LogP contribution in [0.25, 0.3) is 27.5 Å². The number of nitrogens with one attached hydrogen (secondary N) is 1. The highest BCUT2D eigenvalue weighted by molar-refractivity contribution is 5.99. The van der Waals surface area contributed by atoms with Gasteiger partial charge >= 0.3 is 5.97 Å². The predicted molar refractivity (Wildman–Crippen MR) is 116 cm³/mol. The van der Waals surface area contributed by atoms with Crippen molar-refractivity contribution in [1.82, 2.24) is 14.8 Å². The monoisotopic (exact) mass is 439 g/mol. The summed E-state index contributed by atoms with van der Waals surface area (Å²) in [5.74, 6) is -2.96. The van der Waals surface area contributed by atoms with E-state index in [-0.39, 0.29) is 18.4 Å². The molecule has 2 aromatic carbocycles. The van der Waals surface area contributed by atoms with E-state index < -0.39 is 23.2 Å². The number of halogens is 2. The summed E-state index contributed by atoms with van der Waals surface area (Å²) >= 11 is 0. The Morgan fingerprint density at radius 1 is 1.28 bits per heavy atom. The minimum atomic E-state index is -1.27. The zero-order valence-corrected chi connectivity index (χ0v) is 17.9. The van der Waals surface area contributed by atoms with Crippen molar-refractivity contribution in [3.8, 4) is 5.69 Å². The van der Waals surface area contributed by atoms with Gasteiger partial charge in [-0.3, -0.25) is 5.10 Å². The largest absolute Gasteiger partial charge is 0.479 e. The van der Waals surface area contributed by atoms with Crippen LogP contribution in [-0.2, 0) is 9.53 Å².